The van der Waals surface area contributed by atoms with E-state index in [1.54, 1.807) is 18.6 Å². The van der Waals surface area contributed by atoms with Crippen LogP contribution in [0.4, 0.5) is 5.69 Å². The van der Waals surface area contributed by atoms with Crippen LogP contribution < -0.4 is 5.32 Å². The molecule has 0 saturated carbocycles. The lowest BCUT2D eigenvalue weighted by atomic mass is 10.1. The Hall–Kier alpha value is -2.89. The van der Waals surface area contributed by atoms with Gasteiger partial charge < -0.3 is 14.8 Å². The number of carbonyl (C=O) groups is 1. The number of carbonyl (C=O) groups excluding carboxylic acids is 1. The third-order valence-corrected chi connectivity index (χ3v) is 3.27. The minimum Gasteiger partial charge on any atom is -0.351 e. The first-order valence-corrected chi connectivity index (χ1v) is 7.00. The molecule has 0 spiro atoms. The molecule has 3 rings (SSSR count). The summed E-state index contributed by atoms with van der Waals surface area (Å²) in [4.78, 5) is 19.2. The molecule has 2 heterocycles. The summed E-state index contributed by atoms with van der Waals surface area (Å²) < 4.78 is 5.08. The molecule has 112 valence electrons. The minimum absolute atomic E-state index is 0.204. The molecular formula is C16H16N4O2. The molecule has 0 aliphatic heterocycles. The summed E-state index contributed by atoms with van der Waals surface area (Å²) in [7, 11) is 0. The van der Waals surface area contributed by atoms with Gasteiger partial charge in [0.05, 0.1) is 23.9 Å². The molecule has 0 radical (unpaired) electrons. The van der Waals surface area contributed by atoms with E-state index in [1.807, 2.05) is 38.1 Å². The van der Waals surface area contributed by atoms with E-state index in [1.165, 1.54) is 0 Å². The van der Waals surface area contributed by atoms with Crippen LogP contribution in [0, 0.1) is 0 Å². The summed E-state index contributed by atoms with van der Waals surface area (Å²) in [6.45, 7) is 3.99. The number of aromatic amines is 1. The lowest BCUT2D eigenvalue weighted by molar-refractivity contribution is 0.0988. The molecular weight excluding hydrogens is 280 g/mol. The Balaban J connectivity index is 1.77. The number of aromatic nitrogens is 3. The van der Waals surface area contributed by atoms with Gasteiger partial charge in [-0.3, -0.25) is 4.79 Å². The molecule has 6 heteroatoms. The first kappa shape index (κ1) is 14.1. The van der Waals surface area contributed by atoms with Gasteiger partial charge >= 0.3 is 0 Å². The molecule has 22 heavy (non-hydrogen) atoms. The van der Waals surface area contributed by atoms with Crippen molar-refractivity contribution in [2.24, 2.45) is 0 Å². The van der Waals surface area contributed by atoms with Crippen molar-refractivity contribution in [1.82, 2.24) is 15.1 Å². The Morgan fingerprint density at radius 3 is 2.86 bits per heavy atom. The molecule has 1 amide bonds. The molecule has 2 aromatic heterocycles. The lowest BCUT2D eigenvalue weighted by Crippen LogP contribution is -2.10. The molecule has 0 saturated heterocycles. The van der Waals surface area contributed by atoms with Gasteiger partial charge in [0.25, 0.3) is 5.91 Å². The van der Waals surface area contributed by atoms with Gasteiger partial charge in [0, 0.05) is 17.3 Å². The van der Waals surface area contributed by atoms with Gasteiger partial charge in [0.15, 0.2) is 0 Å². The maximum absolute atomic E-state index is 12.2. The second-order valence-corrected chi connectivity index (χ2v) is 5.27. The van der Waals surface area contributed by atoms with Crippen molar-refractivity contribution in [3.63, 3.8) is 0 Å². The number of benzene rings is 1. The highest BCUT2D eigenvalue weighted by atomic mass is 16.5. The van der Waals surface area contributed by atoms with Gasteiger partial charge in [-0.05, 0) is 18.1 Å². The highest BCUT2D eigenvalue weighted by Gasteiger charge is 2.15. The topological polar surface area (TPSA) is 83.8 Å². The number of rotatable bonds is 4. The predicted molar refractivity (Wildman–Crippen MR) is 82.6 cm³/mol. The monoisotopic (exact) mass is 296 g/mol. The van der Waals surface area contributed by atoms with Gasteiger partial charge in [-0.2, -0.15) is 0 Å². The van der Waals surface area contributed by atoms with Crippen LogP contribution >= 0.6 is 0 Å². The van der Waals surface area contributed by atoms with Gasteiger partial charge in [0.1, 0.15) is 0 Å². The van der Waals surface area contributed by atoms with Crippen molar-refractivity contribution < 1.29 is 9.32 Å². The Bertz CT molecular complexity index is 775. The first-order chi connectivity index (χ1) is 10.6. The molecule has 0 aliphatic rings. The van der Waals surface area contributed by atoms with E-state index in [4.69, 9.17) is 4.52 Å². The zero-order chi connectivity index (χ0) is 15.5. The van der Waals surface area contributed by atoms with Gasteiger partial charge in [-0.1, -0.05) is 31.1 Å². The van der Waals surface area contributed by atoms with Gasteiger partial charge in [0.2, 0.25) is 5.76 Å². The Kier molecular flexibility index (Phi) is 3.74. The summed E-state index contributed by atoms with van der Waals surface area (Å²) in [6, 6.07) is 9.15. The second-order valence-electron chi connectivity index (χ2n) is 5.27. The second kappa shape index (κ2) is 5.85. The molecule has 2 N–H and O–H groups in total. The third kappa shape index (κ3) is 2.90. The zero-order valence-corrected chi connectivity index (χ0v) is 12.3. The number of H-pyrrole nitrogens is 1. The number of amides is 1. The fraction of sp³-hybridized carbons (Fsp3) is 0.188. The van der Waals surface area contributed by atoms with Gasteiger partial charge in [-0.25, -0.2) is 4.98 Å². The van der Waals surface area contributed by atoms with Crippen molar-refractivity contribution in [2.75, 3.05) is 5.32 Å². The van der Waals surface area contributed by atoms with E-state index in [0.717, 1.165) is 17.0 Å². The van der Waals surface area contributed by atoms with Crippen LogP contribution in [0.25, 0.3) is 11.3 Å². The predicted octanol–water partition coefficient (Wildman–Crippen LogP) is 3.44. The summed E-state index contributed by atoms with van der Waals surface area (Å²) in [5.74, 6) is 0.103. The fourth-order valence-electron chi connectivity index (χ4n) is 2.04. The maximum atomic E-state index is 12.2. The summed E-state index contributed by atoms with van der Waals surface area (Å²) in [5.41, 5.74) is 3.27. The molecule has 1 aromatic carbocycles. The summed E-state index contributed by atoms with van der Waals surface area (Å²) in [6.07, 6.45) is 3.34. The molecule has 0 fully saturated rings. The van der Waals surface area contributed by atoms with Crippen molar-refractivity contribution in [1.29, 1.82) is 0 Å². The highest BCUT2D eigenvalue weighted by Crippen LogP contribution is 2.21. The van der Waals surface area contributed by atoms with Crippen molar-refractivity contribution in [2.45, 2.75) is 19.8 Å². The van der Waals surface area contributed by atoms with Crippen molar-refractivity contribution in [3.05, 3.63) is 54.3 Å². The molecule has 3 aromatic rings. The van der Waals surface area contributed by atoms with Crippen LogP contribution in [0.2, 0.25) is 0 Å². The Morgan fingerprint density at radius 2 is 2.18 bits per heavy atom. The van der Waals surface area contributed by atoms with E-state index >= 15 is 0 Å². The Morgan fingerprint density at radius 1 is 1.32 bits per heavy atom. The zero-order valence-electron chi connectivity index (χ0n) is 12.3. The van der Waals surface area contributed by atoms with E-state index < -0.39 is 0 Å². The maximum Gasteiger partial charge on any atom is 0.294 e. The van der Waals surface area contributed by atoms with E-state index in [2.05, 4.69) is 20.4 Å². The van der Waals surface area contributed by atoms with E-state index in [9.17, 15) is 4.79 Å². The average molecular weight is 296 g/mol. The smallest absolute Gasteiger partial charge is 0.294 e. The minimum atomic E-state index is -0.318. The van der Waals surface area contributed by atoms with Crippen molar-refractivity contribution in [3.8, 4) is 11.3 Å². The number of hydrogen-bond acceptors (Lipinski definition) is 4. The average Bonchev–Trinajstić information content (AvgIpc) is 3.19. The summed E-state index contributed by atoms with van der Waals surface area (Å²) >= 11 is 0. The normalized spacial score (nSPS) is 10.9. The number of hydrogen-bond donors (Lipinski definition) is 2. The fourth-order valence-corrected chi connectivity index (χ4v) is 2.04. The standard InChI is InChI=1S/C16H16N4O2/c1-10(2)13-7-15(22-20-13)16(21)19-12-5-3-4-11(6-12)14-8-17-9-18-14/h3-10H,1-2H3,(H,17,18)(H,19,21). The first-order valence-electron chi connectivity index (χ1n) is 7.00. The molecule has 6 nitrogen and oxygen atoms in total. The van der Waals surface area contributed by atoms with Crippen LogP contribution in [0.1, 0.15) is 36.0 Å². The third-order valence-electron chi connectivity index (χ3n) is 3.27. The largest absolute Gasteiger partial charge is 0.351 e. The number of imidazole rings is 1. The van der Waals surface area contributed by atoms with E-state index in [0.29, 0.717) is 5.69 Å². The van der Waals surface area contributed by atoms with E-state index in [-0.39, 0.29) is 17.6 Å². The van der Waals surface area contributed by atoms with Crippen LogP contribution in [-0.2, 0) is 0 Å². The van der Waals surface area contributed by atoms with Crippen LogP contribution in [-0.4, -0.2) is 21.0 Å². The summed E-state index contributed by atoms with van der Waals surface area (Å²) in [5, 5.41) is 6.69. The molecule has 0 aliphatic carbocycles. The van der Waals surface area contributed by atoms with Crippen LogP contribution in [0.5, 0.6) is 0 Å². The quantitative estimate of drug-likeness (QED) is 0.772. The number of nitrogens with zero attached hydrogens (tertiary/aromatic N) is 2. The number of nitrogens with one attached hydrogen (secondary N) is 2. The Labute approximate surface area is 127 Å². The van der Waals surface area contributed by atoms with Crippen LogP contribution in [0.15, 0.2) is 47.4 Å². The molecule has 0 unspecified atom stereocenters. The number of anilines is 1. The highest BCUT2D eigenvalue weighted by molar-refractivity contribution is 6.02. The SMILES string of the molecule is CC(C)c1cc(C(=O)Nc2cccc(-c3cnc[nH]3)c2)on1. The molecule has 0 atom stereocenters. The molecule has 0 bridgehead atoms. The lowest BCUT2D eigenvalue weighted by Gasteiger charge is -2.04. The van der Waals surface area contributed by atoms with Gasteiger partial charge in [-0.15, -0.1) is 0 Å². The van der Waals surface area contributed by atoms with Crippen molar-refractivity contribution >= 4 is 11.6 Å². The van der Waals surface area contributed by atoms with Crippen LogP contribution in [0.3, 0.4) is 0 Å².